The van der Waals surface area contributed by atoms with Crippen molar-refractivity contribution in [3.8, 4) is 23.0 Å². The van der Waals surface area contributed by atoms with Crippen LogP contribution in [0.2, 0.25) is 0 Å². The molecule has 6 heteroatoms. The minimum Gasteiger partial charge on any atom is -0.507 e. The number of amides is 1. The lowest BCUT2D eigenvalue weighted by molar-refractivity contribution is -0.134. The second-order valence-corrected chi connectivity index (χ2v) is 8.54. The second-order valence-electron chi connectivity index (χ2n) is 8.54. The molecule has 1 aliphatic heterocycles. The first-order valence-electron chi connectivity index (χ1n) is 10.7. The maximum Gasteiger partial charge on any atom is 0.223 e. The first-order chi connectivity index (χ1) is 14.9. The topological polar surface area (TPSA) is 68.2 Å². The predicted octanol–water partition coefficient (Wildman–Crippen LogP) is 4.44. The molecule has 1 fully saturated rings. The Balaban J connectivity index is 2.00. The van der Waals surface area contributed by atoms with Crippen LogP contribution >= 0.6 is 0 Å². The Morgan fingerprint density at radius 3 is 2.16 bits per heavy atom. The van der Waals surface area contributed by atoms with Crippen molar-refractivity contribution in [2.45, 2.75) is 32.6 Å². The summed E-state index contributed by atoms with van der Waals surface area (Å²) in [5, 5.41) is 10.9. The molecule has 2 aromatic rings. The van der Waals surface area contributed by atoms with Crippen LogP contribution in [0.5, 0.6) is 23.0 Å². The summed E-state index contributed by atoms with van der Waals surface area (Å²) in [4.78, 5) is 15.3. The van der Waals surface area contributed by atoms with Crippen LogP contribution in [-0.4, -0.2) is 50.3 Å². The van der Waals surface area contributed by atoms with E-state index in [1.807, 2.05) is 29.2 Å². The summed E-state index contributed by atoms with van der Waals surface area (Å²) in [6.07, 6.45) is 1.38. The zero-order valence-corrected chi connectivity index (χ0v) is 19.1. The van der Waals surface area contributed by atoms with Gasteiger partial charge in [-0.2, -0.15) is 0 Å². The number of benzene rings is 2. The molecule has 168 valence electrons. The fourth-order valence-corrected chi connectivity index (χ4v) is 4.62. The maximum absolute atomic E-state index is 13.4. The molecule has 1 saturated heterocycles. The lowest BCUT2D eigenvalue weighted by Crippen LogP contribution is -2.43. The molecule has 3 atom stereocenters. The predicted molar refractivity (Wildman–Crippen MR) is 120 cm³/mol. The van der Waals surface area contributed by atoms with E-state index in [2.05, 4.69) is 13.8 Å². The van der Waals surface area contributed by atoms with Gasteiger partial charge in [-0.15, -0.1) is 0 Å². The highest BCUT2D eigenvalue weighted by atomic mass is 16.5. The van der Waals surface area contributed by atoms with Gasteiger partial charge in [-0.25, -0.2) is 0 Å². The summed E-state index contributed by atoms with van der Waals surface area (Å²) in [5.74, 6) is 2.45. The number of phenolic OH excluding ortho intramolecular Hbond substituents is 1. The SMILES string of the molecule is COc1ccc(C(CC(=O)N2C[C@H](C)C[C@H](C)C2)c2c(O)cc(OC)cc2OC)cc1. The number of piperidine rings is 1. The Morgan fingerprint density at radius 1 is 1.00 bits per heavy atom. The van der Waals surface area contributed by atoms with Gasteiger partial charge in [-0.05, 0) is 36.0 Å². The van der Waals surface area contributed by atoms with Crippen molar-refractivity contribution in [1.29, 1.82) is 0 Å². The number of nitrogens with zero attached hydrogens (tertiary/aromatic N) is 1. The fraction of sp³-hybridized carbons (Fsp3) is 0.480. The summed E-state index contributed by atoms with van der Waals surface area (Å²) in [7, 11) is 4.71. The Labute approximate surface area is 184 Å². The van der Waals surface area contributed by atoms with Crippen molar-refractivity contribution in [2.75, 3.05) is 34.4 Å². The van der Waals surface area contributed by atoms with Crippen molar-refractivity contribution >= 4 is 5.91 Å². The van der Waals surface area contributed by atoms with E-state index in [9.17, 15) is 9.90 Å². The second kappa shape index (κ2) is 9.94. The number of hydrogen-bond acceptors (Lipinski definition) is 5. The first kappa shape index (κ1) is 22.8. The molecule has 0 bridgehead atoms. The number of ether oxygens (including phenoxy) is 3. The van der Waals surface area contributed by atoms with Crippen LogP contribution in [0.1, 0.15) is 43.7 Å². The summed E-state index contributed by atoms with van der Waals surface area (Å²) < 4.78 is 16.2. The van der Waals surface area contributed by atoms with Crippen molar-refractivity contribution in [3.63, 3.8) is 0 Å². The van der Waals surface area contributed by atoms with E-state index < -0.39 is 0 Å². The van der Waals surface area contributed by atoms with Gasteiger partial charge in [0.15, 0.2) is 0 Å². The van der Waals surface area contributed by atoms with E-state index in [-0.39, 0.29) is 24.0 Å². The van der Waals surface area contributed by atoms with Crippen molar-refractivity contribution in [3.05, 3.63) is 47.5 Å². The van der Waals surface area contributed by atoms with Crippen molar-refractivity contribution in [2.24, 2.45) is 11.8 Å². The highest BCUT2D eigenvalue weighted by Crippen LogP contribution is 2.43. The number of phenols is 1. The molecule has 31 heavy (non-hydrogen) atoms. The number of carbonyl (C=O) groups excluding carboxylic acids is 1. The van der Waals surface area contributed by atoms with Crippen LogP contribution in [0.4, 0.5) is 0 Å². The lowest BCUT2D eigenvalue weighted by Gasteiger charge is -2.36. The molecule has 0 aliphatic carbocycles. The molecule has 1 unspecified atom stereocenters. The summed E-state index contributed by atoms with van der Waals surface area (Å²) in [6.45, 7) is 5.92. The third kappa shape index (κ3) is 5.24. The number of hydrogen-bond donors (Lipinski definition) is 1. The monoisotopic (exact) mass is 427 g/mol. The molecule has 0 spiro atoms. The third-order valence-electron chi connectivity index (χ3n) is 6.02. The Morgan fingerprint density at radius 2 is 1.61 bits per heavy atom. The number of rotatable bonds is 7. The maximum atomic E-state index is 13.4. The lowest BCUT2D eigenvalue weighted by atomic mass is 9.85. The number of likely N-dealkylation sites (tertiary alicyclic amines) is 1. The van der Waals surface area contributed by atoms with Gasteiger partial charge >= 0.3 is 0 Å². The largest absolute Gasteiger partial charge is 0.507 e. The highest BCUT2D eigenvalue weighted by Gasteiger charge is 2.31. The molecular formula is C25H33NO5. The Kier molecular flexibility index (Phi) is 7.31. The van der Waals surface area contributed by atoms with Crippen LogP contribution in [0.25, 0.3) is 0 Å². The van der Waals surface area contributed by atoms with E-state index in [0.717, 1.165) is 30.8 Å². The summed E-state index contributed by atoms with van der Waals surface area (Å²) >= 11 is 0. The van der Waals surface area contributed by atoms with Crippen molar-refractivity contribution in [1.82, 2.24) is 4.90 Å². The Hall–Kier alpha value is -2.89. The third-order valence-corrected chi connectivity index (χ3v) is 6.02. The molecule has 1 amide bonds. The molecule has 1 aliphatic rings. The average molecular weight is 428 g/mol. The molecule has 2 aromatic carbocycles. The molecule has 0 radical (unpaired) electrons. The zero-order chi connectivity index (χ0) is 22.5. The van der Waals surface area contributed by atoms with Gasteiger partial charge in [-0.3, -0.25) is 4.79 Å². The average Bonchev–Trinajstić information content (AvgIpc) is 2.76. The summed E-state index contributed by atoms with van der Waals surface area (Å²) in [6, 6.07) is 10.9. The van der Waals surface area contributed by atoms with Gasteiger partial charge in [-0.1, -0.05) is 26.0 Å². The standard InChI is InChI=1S/C25H33NO5/c1-16-10-17(2)15-26(14-16)24(28)13-21(18-6-8-19(29-3)9-7-18)25-22(27)11-20(30-4)12-23(25)31-5/h6-9,11-12,16-17,21,27H,10,13-15H2,1-5H3/t16-,17+,21?. The number of methoxy groups -OCH3 is 3. The van der Waals surface area contributed by atoms with E-state index in [4.69, 9.17) is 14.2 Å². The quantitative estimate of drug-likeness (QED) is 0.707. The molecule has 1 N–H and O–H groups in total. The first-order valence-corrected chi connectivity index (χ1v) is 10.7. The zero-order valence-electron chi connectivity index (χ0n) is 19.1. The summed E-state index contributed by atoms with van der Waals surface area (Å²) in [5.41, 5.74) is 1.49. The van der Waals surface area contributed by atoms with Crippen molar-refractivity contribution < 1.29 is 24.1 Å². The van der Waals surface area contributed by atoms with E-state index in [1.165, 1.54) is 7.11 Å². The minimum absolute atomic E-state index is 0.0465. The van der Waals surface area contributed by atoms with Gasteiger partial charge in [0.1, 0.15) is 23.0 Å². The molecule has 1 heterocycles. The van der Waals surface area contributed by atoms with Gasteiger partial charge in [0.25, 0.3) is 0 Å². The van der Waals surface area contributed by atoms with Crippen LogP contribution in [0.3, 0.4) is 0 Å². The van der Waals surface area contributed by atoms with Crippen LogP contribution in [-0.2, 0) is 4.79 Å². The van der Waals surface area contributed by atoms with Gasteiger partial charge < -0.3 is 24.2 Å². The van der Waals surface area contributed by atoms with E-state index in [1.54, 1.807) is 26.4 Å². The van der Waals surface area contributed by atoms with Crippen LogP contribution < -0.4 is 14.2 Å². The van der Waals surface area contributed by atoms with Crippen LogP contribution in [0, 0.1) is 11.8 Å². The molecule has 0 aromatic heterocycles. The van der Waals surface area contributed by atoms with Gasteiger partial charge in [0, 0.05) is 43.1 Å². The molecule has 0 saturated carbocycles. The Bertz CT molecular complexity index is 886. The minimum atomic E-state index is -0.369. The fourth-order valence-electron chi connectivity index (χ4n) is 4.62. The van der Waals surface area contributed by atoms with Gasteiger partial charge in [0.05, 0.1) is 21.3 Å². The molecule has 3 rings (SSSR count). The van der Waals surface area contributed by atoms with Gasteiger partial charge in [0.2, 0.25) is 5.91 Å². The molecule has 6 nitrogen and oxygen atoms in total. The normalized spacial score (nSPS) is 19.6. The molecular weight excluding hydrogens is 394 g/mol. The number of aromatic hydroxyl groups is 1. The van der Waals surface area contributed by atoms with Crippen LogP contribution in [0.15, 0.2) is 36.4 Å². The smallest absolute Gasteiger partial charge is 0.223 e. The van der Waals surface area contributed by atoms with E-state index >= 15 is 0 Å². The highest BCUT2D eigenvalue weighted by molar-refractivity contribution is 5.78. The number of carbonyl (C=O) groups is 1. The van der Waals surface area contributed by atoms with E-state index in [0.29, 0.717) is 28.9 Å².